The van der Waals surface area contributed by atoms with Gasteiger partial charge < -0.3 is 19.8 Å². The third kappa shape index (κ3) is 11.9. The fourth-order valence-electron chi connectivity index (χ4n) is 0.204. The van der Waals surface area contributed by atoms with Crippen molar-refractivity contribution >= 4 is 11.9 Å². The van der Waals surface area contributed by atoms with Crippen LogP contribution in [0.5, 0.6) is 0 Å². The molecule has 0 N–H and O–H groups in total. The Labute approximate surface area is 96.2 Å². The second-order valence-electron chi connectivity index (χ2n) is 1.24. The van der Waals surface area contributed by atoms with Gasteiger partial charge in [0, 0.05) is 11.9 Å². The number of hydrogen-bond acceptors (Lipinski definition) is 4. The van der Waals surface area contributed by atoms with Gasteiger partial charge in [-0.2, -0.15) is 0 Å². The average molecular weight is 156 g/mol. The Morgan fingerprint density at radius 2 is 1.33 bits per heavy atom. The molecular weight excluding hydrogens is 151 g/mol. The molecule has 0 saturated carbocycles. The summed E-state index contributed by atoms with van der Waals surface area (Å²) in [5, 5.41) is 19.0. The van der Waals surface area contributed by atoms with Crippen molar-refractivity contribution in [1.29, 1.82) is 0 Å². The Balaban J connectivity index is -0.000000245. The number of aliphatic carboxylic acids is 2. The molecule has 0 aliphatic heterocycles. The molecule has 0 aromatic carbocycles. The third-order valence-electron chi connectivity index (χ3n) is 0.533. The van der Waals surface area contributed by atoms with Crippen molar-refractivity contribution < 1.29 is 72.6 Å². The van der Waals surface area contributed by atoms with Crippen LogP contribution in [0.2, 0.25) is 0 Å². The smallest absolute Gasteiger partial charge is 0.550 e. The molecule has 46 valence electrons. The number of carboxylic acid groups (broad SMARTS) is 2. The molecule has 0 unspecified atom stereocenters. The molecule has 0 radical (unpaired) electrons. The molecule has 0 aliphatic rings. The van der Waals surface area contributed by atoms with Gasteiger partial charge in [0.15, 0.2) is 0 Å². The van der Waals surface area contributed by atoms with Gasteiger partial charge in [0.05, 0.1) is 0 Å². The van der Waals surface area contributed by atoms with Crippen LogP contribution in [0.1, 0.15) is 14.3 Å². The van der Waals surface area contributed by atoms with Crippen LogP contribution in [-0.2, 0) is 9.59 Å². The van der Waals surface area contributed by atoms with Gasteiger partial charge >= 0.3 is 52.8 Å². The van der Waals surface area contributed by atoms with Crippen molar-refractivity contribution in [2.45, 2.75) is 12.8 Å². The van der Waals surface area contributed by atoms with Crippen molar-refractivity contribution in [3.63, 3.8) is 0 Å². The van der Waals surface area contributed by atoms with Crippen molar-refractivity contribution in [1.82, 2.24) is 0 Å². The molecule has 0 saturated heterocycles. The molecule has 4 nitrogen and oxygen atoms in total. The Bertz CT molecular complexity index is 102. The van der Waals surface area contributed by atoms with Crippen molar-refractivity contribution in [2.75, 3.05) is 0 Å². The molecule has 0 amide bonds. The SMILES string of the molecule is O=C([O-])CCC(=O)[O-].[H+].[K+]. The molecule has 0 bridgehead atoms. The quantitative estimate of drug-likeness (QED) is 0.381. The summed E-state index contributed by atoms with van der Waals surface area (Å²) in [4.78, 5) is 19.0. The van der Waals surface area contributed by atoms with E-state index in [0.29, 0.717) is 0 Å². The summed E-state index contributed by atoms with van der Waals surface area (Å²) >= 11 is 0. The fourth-order valence-corrected chi connectivity index (χ4v) is 0.204. The van der Waals surface area contributed by atoms with Crippen molar-refractivity contribution in [2.24, 2.45) is 0 Å². The zero-order chi connectivity index (χ0) is 6.57. The summed E-state index contributed by atoms with van der Waals surface area (Å²) in [6.45, 7) is 0. The van der Waals surface area contributed by atoms with Gasteiger partial charge in [-0.1, -0.05) is 0 Å². The van der Waals surface area contributed by atoms with Crippen LogP contribution < -0.4 is 61.6 Å². The maximum Gasteiger partial charge on any atom is 1.00 e. The molecule has 0 rings (SSSR count). The number of carboxylic acids is 2. The molecule has 0 aromatic heterocycles. The molecule has 0 aromatic rings. The van der Waals surface area contributed by atoms with Crippen LogP contribution in [0.3, 0.4) is 0 Å². The molecular formula is C4H5KO4. The summed E-state index contributed by atoms with van der Waals surface area (Å²) in [6.07, 6.45) is -0.940. The minimum atomic E-state index is -1.37. The fraction of sp³-hybridized carbons (Fsp3) is 0.500. The van der Waals surface area contributed by atoms with Gasteiger partial charge in [-0.05, 0) is 12.8 Å². The zero-order valence-corrected chi connectivity index (χ0v) is 8.17. The maximum absolute atomic E-state index is 9.50. The normalized spacial score (nSPS) is 7.56. The van der Waals surface area contributed by atoms with Gasteiger partial charge in [0.1, 0.15) is 0 Å². The van der Waals surface area contributed by atoms with E-state index >= 15 is 0 Å². The number of carbonyl (C=O) groups excluding carboxylic acids is 2. The summed E-state index contributed by atoms with van der Waals surface area (Å²) in [5.41, 5.74) is 0. The largest absolute Gasteiger partial charge is 1.00 e. The van der Waals surface area contributed by atoms with E-state index in [2.05, 4.69) is 0 Å². The Hall–Kier alpha value is 0.576. The first-order valence-electron chi connectivity index (χ1n) is 2.02. The van der Waals surface area contributed by atoms with Gasteiger partial charge in [0.25, 0.3) is 0 Å². The molecule has 9 heavy (non-hydrogen) atoms. The van der Waals surface area contributed by atoms with Gasteiger partial charge in [-0.3, -0.25) is 0 Å². The van der Waals surface area contributed by atoms with E-state index in [-0.39, 0.29) is 52.8 Å². The van der Waals surface area contributed by atoms with Crippen LogP contribution >= 0.6 is 0 Å². The van der Waals surface area contributed by atoms with Crippen molar-refractivity contribution in [3.05, 3.63) is 0 Å². The molecule has 0 heterocycles. The summed E-state index contributed by atoms with van der Waals surface area (Å²) < 4.78 is 0. The van der Waals surface area contributed by atoms with E-state index in [1.807, 2.05) is 0 Å². The number of hydrogen-bond donors (Lipinski definition) is 0. The molecule has 0 spiro atoms. The van der Waals surface area contributed by atoms with Gasteiger partial charge in [0.2, 0.25) is 0 Å². The molecule has 0 atom stereocenters. The van der Waals surface area contributed by atoms with E-state index in [4.69, 9.17) is 0 Å². The van der Waals surface area contributed by atoms with Crippen LogP contribution in [0, 0.1) is 0 Å². The molecule has 0 fully saturated rings. The van der Waals surface area contributed by atoms with E-state index < -0.39 is 24.8 Å². The van der Waals surface area contributed by atoms with E-state index in [9.17, 15) is 19.8 Å². The first-order chi connectivity index (χ1) is 3.63. The second-order valence-corrected chi connectivity index (χ2v) is 1.24. The number of carbonyl (C=O) groups is 2. The maximum atomic E-state index is 9.50. The van der Waals surface area contributed by atoms with E-state index in [0.717, 1.165) is 0 Å². The monoisotopic (exact) mass is 156 g/mol. The van der Waals surface area contributed by atoms with Gasteiger partial charge in [-0.25, -0.2) is 0 Å². The molecule has 0 aliphatic carbocycles. The zero-order valence-electron chi connectivity index (χ0n) is 6.05. The Morgan fingerprint density at radius 3 is 1.44 bits per heavy atom. The topological polar surface area (TPSA) is 80.3 Å². The first-order valence-corrected chi connectivity index (χ1v) is 2.02. The minimum absolute atomic E-state index is 0. The predicted molar refractivity (Wildman–Crippen MR) is 20.4 cm³/mol. The summed E-state index contributed by atoms with van der Waals surface area (Å²) in [7, 11) is 0. The third-order valence-corrected chi connectivity index (χ3v) is 0.533. The second kappa shape index (κ2) is 6.69. The number of rotatable bonds is 3. The average Bonchev–Trinajstić information content (AvgIpc) is 1.61. The molecule has 5 heteroatoms. The van der Waals surface area contributed by atoms with E-state index in [1.165, 1.54) is 0 Å². The first kappa shape index (κ1) is 12.3. The van der Waals surface area contributed by atoms with E-state index in [1.54, 1.807) is 0 Å². The van der Waals surface area contributed by atoms with Crippen molar-refractivity contribution in [3.8, 4) is 0 Å². The van der Waals surface area contributed by atoms with Gasteiger partial charge in [-0.15, -0.1) is 0 Å². The Kier molecular flexibility index (Phi) is 9.13. The van der Waals surface area contributed by atoms with Crippen LogP contribution in [-0.4, -0.2) is 11.9 Å². The summed E-state index contributed by atoms with van der Waals surface area (Å²) in [5.74, 6) is -2.73. The van der Waals surface area contributed by atoms with Crippen LogP contribution in [0.15, 0.2) is 0 Å². The van der Waals surface area contributed by atoms with Crippen LogP contribution in [0.25, 0.3) is 0 Å². The summed E-state index contributed by atoms with van der Waals surface area (Å²) in [6, 6.07) is 0. The minimum Gasteiger partial charge on any atom is -0.550 e. The van der Waals surface area contributed by atoms with Crippen LogP contribution in [0.4, 0.5) is 0 Å². The standard InChI is InChI=1S/C4H6O4.K/c5-3(6)1-2-4(7)8;/h1-2H2,(H,5,6)(H,7,8);/q;+1/p-1. The Morgan fingerprint density at radius 1 is 1.11 bits per heavy atom. The predicted octanol–water partition coefficient (Wildman–Crippen LogP) is -5.62.